The fraction of sp³-hybridized carbons (Fsp3) is 0.434. The summed E-state index contributed by atoms with van der Waals surface area (Å²) in [5, 5.41) is 56.7. The minimum atomic E-state index is -2.27. The summed E-state index contributed by atoms with van der Waals surface area (Å²) in [5.74, 6) is -6.85. The van der Waals surface area contributed by atoms with Crippen LogP contribution < -0.4 is 21.3 Å². The molecule has 6 aromatic rings. The minimum Gasteiger partial charge on any atom is -0.479 e. The lowest BCUT2D eigenvalue weighted by Crippen LogP contribution is -2.39. The van der Waals surface area contributed by atoms with Crippen LogP contribution in [0.1, 0.15) is 175 Å². The van der Waals surface area contributed by atoms with E-state index in [0.717, 1.165) is 102 Å². The molecule has 2 atom stereocenters. The van der Waals surface area contributed by atoms with E-state index >= 15 is 0 Å². The third kappa shape index (κ3) is 24.6. The normalized spacial score (nSPS) is 14.0. The van der Waals surface area contributed by atoms with Gasteiger partial charge >= 0.3 is 30.1 Å². The van der Waals surface area contributed by atoms with Gasteiger partial charge in [0.15, 0.2) is 23.8 Å². The van der Waals surface area contributed by atoms with Crippen LogP contribution in [0.25, 0.3) is 0 Å². The lowest BCUT2D eigenvalue weighted by Gasteiger charge is -2.26. The maximum Gasteiger partial charge on any atom is 0.410 e. The maximum atomic E-state index is 14.6. The fourth-order valence-corrected chi connectivity index (χ4v) is 12.1. The van der Waals surface area contributed by atoms with Crippen molar-refractivity contribution in [3.63, 3.8) is 0 Å². The minimum absolute atomic E-state index is 0.127. The summed E-state index contributed by atoms with van der Waals surface area (Å²) in [6, 6.07) is 25.3. The number of fused-ring (bicyclic) bond motifs is 3. The molecule has 0 aromatic heterocycles. The number of aromatic carboxylic acids is 1. The number of nitrogens with one attached hydrogen (secondary N) is 4. The molecule has 3 heterocycles. The summed E-state index contributed by atoms with van der Waals surface area (Å²) >= 11 is 19.4. The Morgan fingerprint density at radius 2 is 0.804 bits per heavy atom. The van der Waals surface area contributed by atoms with Gasteiger partial charge in [-0.1, -0.05) is 97.9 Å². The highest BCUT2D eigenvalue weighted by Crippen LogP contribution is 2.36. The second-order valence-corrected chi connectivity index (χ2v) is 28.0. The third-order valence-electron chi connectivity index (χ3n) is 16.7. The summed E-state index contributed by atoms with van der Waals surface area (Å²) in [6.07, 6.45) is 3.42. The number of hydrogen-bond donors (Lipinski definition) is 9. The number of carboxylic acid groups (broad SMARTS) is 3. The lowest BCUT2D eigenvalue weighted by molar-refractivity contribution is -0.165. The van der Waals surface area contributed by atoms with E-state index in [1.54, 1.807) is 40.1 Å². The highest BCUT2D eigenvalue weighted by molar-refractivity contribution is 6.34. The smallest absolute Gasteiger partial charge is 0.410 e. The largest absolute Gasteiger partial charge is 0.479 e. The Bertz CT molecular complexity index is 3940. The molecule has 552 valence electrons. The van der Waals surface area contributed by atoms with Crippen molar-refractivity contribution >= 4 is 93.5 Å². The molecule has 9 rings (SSSR count). The molecular weight excluding hydrogens is 1380 g/mol. The number of amides is 2. The Balaban J connectivity index is 0.000000226. The fourth-order valence-electron chi connectivity index (χ4n) is 11.3. The second kappa shape index (κ2) is 38.7. The van der Waals surface area contributed by atoms with E-state index in [1.165, 1.54) is 35.4 Å². The Morgan fingerprint density at radius 1 is 0.480 bits per heavy atom. The number of halogens is 6. The molecule has 102 heavy (non-hydrogen) atoms. The molecular formula is C76H92Cl3F3N6O14. The number of aliphatic hydroxyl groups excluding tert-OH is 2. The van der Waals surface area contributed by atoms with Gasteiger partial charge in [0.1, 0.15) is 28.7 Å². The summed E-state index contributed by atoms with van der Waals surface area (Å²) in [6.45, 7) is 20.2. The van der Waals surface area contributed by atoms with Crippen molar-refractivity contribution < 1.29 is 81.7 Å². The van der Waals surface area contributed by atoms with Gasteiger partial charge in [-0.05, 0) is 211 Å². The molecule has 0 bridgehead atoms. The number of anilines is 3. The van der Waals surface area contributed by atoms with E-state index in [4.69, 9.17) is 69.8 Å². The number of rotatable bonds is 21. The van der Waals surface area contributed by atoms with E-state index in [-0.39, 0.29) is 47.0 Å². The first-order chi connectivity index (χ1) is 48.2. The first-order valence-electron chi connectivity index (χ1n) is 34.0. The molecule has 0 spiro atoms. The molecule has 3 aliphatic heterocycles. The molecule has 2 amide bonds. The van der Waals surface area contributed by atoms with Gasteiger partial charge in [0.25, 0.3) is 0 Å². The SMILES string of the molecule is CC(C)(C)OC(=O)N1CCc2ccc(Cl)c(NCc3ccc(C(=O)O)c(F)c3)c2CC1.CCCCC(=O)c1ccc(CNc2c(Cl)ccc3c2CCN(C(=O)OC(C)(C)C)CC3)cc1F.CCCCC(=O)c1ccc(CNc2c(Cl)ccc3c2CCNCC3)cc1F.O=C(O)[C@H](O)[C@@H](O)C(=O)O. The predicted molar refractivity (Wildman–Crippen MR) is 388 cm³/mol. The number of unbranched alkanes of at least 4 members (excludes halogenated alkanes) is 2. The van der Waals surface area contributed by atoms with Gasteiger partial charge in [-0.2, -0.15) is 0 Å². The third-order valence-corrected chi connectivity index (χ3v) is 17.7. The molecule has 3 aliphatic rings. The van der Waals surface area contributed by atoms with E-state index in [9.17, 15) is 46.7 Å². The van der Waals surface area contributed by atoms with Crippen molar-refractivity contribution in [3.05, 3.63) is 190 Å². The Kier molecular flexibility index (Phi) is 31.3. The van der Waals surface area contributed by atoms with Crippen LogP contribution >= 0.6 is 34.8 Å². The summed E-state index contributed by atoms with van der Waals surface area (Å²) < 4.78 is 54.0. The van der Waals surface area contributed by atoms with Crippen LogP contribution in [-0.4, -0.2) is 140 Å². The summed E-state index contributed by atoms with van der Waals surface area (Å²) in [5.41, 5.74) is 10.3. The molecule has 0 saturated heterocycles. The Labute approximate surface area is 608 Å². The van der Waals surface area contributed by atoms with Crippen molar-refractivity contribution in [1.29, 1.82) is 0 Å². The number of aliphatic hydroxyl groups is 2. The van der Waals surface area contributed by atoms with Gasteiger partial charge in [-0.25, -0.2) is 37.1 Å². The molecule has 0 aliphatic carbocycles. The Hall–Kier alpha value is -8.45. The summed E-state index contributed by atoms with van der Waals surface area (Å²) in [7, 11) is 0. The highest BCUT2D eigenvalue weighted by atomic mass is 35.5. The van der Waals surface area contributed by atoms with Gasteiger partial charge in [0, 0.05) is 58.7 Å². The second-order valence-electron chi connectivity index (χ2n) is 26.8. The average molecular weight is 1480 g/mol. The zero-order valence-corrected chi connectivity index (χ0v) is 61.0. The van der Waals surface area contributed by atoms with Gasteiger partial charge < -0.3 is 66.1 Å². The molecule has 0 saturated carbocycles. The van der Waals surface area contributed by atoms with Crippen LogP contribution in [0.15, 0.2) is 91.0 Å². The van der Waals surface area contributed by atoms with Gasteiger partial charge in [0.2, 0.25) is 0 Å². The lowest BCUT2D eigenvalue weighted by atomic mass is 10.00. The van der Waals surface area contributed by atoms with Crippen molar-refractivity contribution in [1.82, 2.24) is 15.1 Å². The number of aliphatic carboxylic acids is 2. The number of carbonyl (C=O) groups excluding carboxylic acids is 4. The van der Waals surface area contributed by atoms with Gasteiger partial charge in [-0.15, -0.1) is 0 Å². The molecule has 6 aromatic carbocycles. The molecule has 0 fully saturated rings. The van der Waals surface area contributed by atoms with E-state index < -0.39 is 58.8 Å². The van der Waals surface area contributed by atoms with Crippen LogP contribution in [0.3, 0.4) is 0 Å². The molecule has 0 radical (unpaired) electrons. The monoisotopic (exact) mass is 1470 g/mol. The number of hydrogen-bond acceptors (Lipinski definition) is 15. The first kappa shape index (κ1) is 82.5. The van der Waals surface area contributed by atoms with Crippen molar-refractivity contribution in [3.8, 4) is 0 Å². The molecule has 20 nitrogen and oxygen atoms in total. The number of carbonyl (C=O) groups is 7. The van der Waals surface area contributed by atoms with Crippen LogP contribution in [0.4, 0.5) is 39.8 Å². The van der Waals surface area contributed by atoms with E-state index in [1.807, 2.05) is 85.7 Å². The number of ketones is 2. The van der Waals surface area contributed by atoms with Gasteiger partial charge in [0.05, 0.1) is 48.8 Å². The average Bonchev–Trinajstić information content (AvgIpc) is 1.49. The number of benzene rings is 6. The molecule has 9 N–H and O–H groups in total. The number of ether oxygens (including phenoxy) is 2. The maximum absolute atomic E-state index is 14.6. The standard InChI is InChI=1S/C27H34ClFN2O3.C23H26ClFN2O4.C22H26ClFN2O.C4H6O6/c1-5-6-7-24(32)21-10-8-18(16-23(21)29)17-30-25-20-13-15-31(26(33)34-27(2,3)4)14-12-19(20)9-11-22(25)28;1-23(2,3)31-22(30)27-10-8-15-5-7-18(24)20(16(15)9-11-27)26-13-14-4-6-17(21(28)29)19(25)12-14;1-2-3-4-21(27)18-7-5-15(13-20(18)24)14-26-22-17-10-12-25-11-9-16(17)6-8-19(22)23;5-1(3(7)8)2(6)4(9)10/h8-11,16,30H,5-7,12-15,17H2,1-4H3;4-7,12,26H,8-11,13H2,1-3H3,(H,28,29);5-8,13,25-26H,2-4,9-12,14H2,1H3;1-2,5-6H,(H,7,8)(H,9,10)/t;;;1-,2-/m...1/s1. The van der Waals surface area contributed by atoms with Crippen molar-refractivity contribution in [2.75, 3.05) is 55.2 Å². The Morgan fingerprint density at radius 3 is 1.13 bits per heavy atom. The zero-order valence-electron chi connectivity index (χ0n) is 58.7. The number of nitrogens with zero attached hydrogens (tertiary/aromatic N) is 2. The van der Waals surface area contributed by atoms with Crippen LogP contribution in [-0.2, 0) is 77.2 Å². The van der Waals surface area contributed by atoms with Crippen LogP contribution in [0, 0.1) is 17.5 Å². The van der Waals surface area contributed by atoms with Crippen LogP contribution in [0.2, 0.25) is 15.1 Å². The topological polar surface area (TPSA) is 294 Å². The highest BCUT2D eigenvalue weighted by Gasteiger charge is 2.31. The predicted octanol–water partition coefficient (Wildman–Crippen LogP) is 15.0. The quantitative estimate of drug-likeness (QED) is 0.0303. The molecule has 26 heteroatoms. The van der Waals surface area contributed by atoms with Crippen molar-refractivity contribution in [2.24, 2.45) is 0 Å². The molecule has 0 unspecified atom stereocenters. The van der Waals surface area contributed by atoms with Crippen molar-refractivity contribution in [2.45, 2.75) is 175 Å². The van der Waals surface area contributed by atoms with Gasteiger partial charge in [-0.3, -0.25) is 9.59 Å². The van der Waals surface area contributed by atoms with E-state index in [0.29, 0.717) is 98.4 Å². The van der Waals surface area contributed by atoms with E-state index in [2.05, 4.69) is 27.3 Å². The number of carboxylic acids is 3. The summed E-state index contributed by atoms with van der Waals surface area (Å²) in [4.78, 5) is 83.2. The first-order valence-corrected chi connectivity index (χ1v) is 35.1. The van der Waals surface area contributed by atoms with Crippen LogP contribution in [0.5, 0.6) is 0 Å². The number of Topliss-reactive ketones (excluding diaryl/α,β-unsaturated/α-hetero) is 2. The zero-order chi connectivity index (χ0) is 75.2.